The van der Waals surface area contributed by atoms with E-state index in [4.69, 9.17) is 5.11 Å². The zero-order chi connectivity index (χ0) is 13.5. The van der Waals surface area contributed by atoms with Crippen LogP contribution in [0.25, 0.3) is 0 Å². The maximum atomic E-state index is 11.1. The molecule has 4 heteroatoms. The molecule has 1 aliphatic rings. The average Bonchev–Trinajstić information content (AvgIpc) is 2.48. The van der Waals surface area contributed by atoms with Gasteiger partial charge in [0, 0.05) is 12.6 Å². The van der Waals surface area contributed by atoms with Crippen LogP contribution in [0.2, 0.25) is 0 Å². The Morgan fingerprint density at radius 1 is 1.39 bits per heavy atom. The Bertz CT molecular complexity index is 256. The fourth-order valence-corrected chi connectivity index (χ4v) is 2.54. The first-order valence-corrected chi connectivity index (χ1v) is 7.20. The first-order chi connectivity index (χ1) is 8.49. The molecule has 2 unspecified atom stereocenters. The molecule has 0 aromatic carbocycles. The molecule has 1 fully saturated rings. The molecule has 0 amide bonds. The Morgan fingerprint density at radius 3 is 2.72 bits per heavy atom. The van der Waals surface area contributed by atoms with Crippen LogP contribution in [0.15, 0.2) is 0 Å². The summed E-state index contributed by atoms with van der Waals surface area (Å²) < 4.78 is 0. The van der Waals surface area contributed by atoms with Crippen molar-refractivity contribution in [3.63, 3.8) is 0 Å². The van der Waals surface area contributed by atoms with Gasteiger partial charge in [-0.25, -0.2) is 0 Å². The molecule has 0 aliphatic carbocycles. The largest absolute Gasteiger partial charge is 0.480 e. The summed E-state index contributed by atoms with van der Waals surface area (Å²) in [4.78, 5) is 13.6. The Kier molecular flexibility index (Phi) is 6.65. The van der Waals surface area contributed by atoms with Crippen molar-refractivity contribution in [1.82, 2.24) is 10.2 Å². The van der Waals surface area contributed by atoms with Gasteiger partial charge >= 0.3 is 5.97 Å². The molecular weight excluding hydrogens is 228 g/mol. The predicted molar refractivity (Wildman–Crippen MR) is 73.8 cm³/mol. The zero-order valence-electron chi connectivity index (χ0n) is 12.0. The molecule has 0 aromatic rings. The van der Waals surface area contributed by atoms with Crippen molar-refractivity contribution in [3.8, 4) is 0 Å². The van der Waals surface area contributed by atoms with E-state index in [9.17, 15) is 4.79 Å². The minimum atomic E-state index is -0.730. The van der Waals surface area contributed by atoms with Crippen LogP contribution in [0.1, 0.15) is 46.5 Å². The van der Waals surface area contributed by atoms with Gasteiger partial charge < -0.3 is 15.3 Å². The topological polar surface area (TPSA) is 52.6 Å². The van der Waals surface area contributed by atoms with Gasteiger partial charge in [0.1, 0.15) is 6.04 Å². The summed E-state index contributed by atoms with van der Waals surface area (Å²) >= 11 is 0. The van der Waals surface area contributed by atoms with Gasteiger partial charge in [-0.15, -0.1) is 0 Å². The third-order valence-electron chi connectivity index (χ3n) is 3.68. The summed E-state index contributed by atoms with van der Waals surface area (Å²) in [5, 5.41) is 12.3. The second kappa shape index (κ2) is 7.74. The lowest BCUT2D eigenvalue weighted by atomic mass is 10.0. The maximum absolute atomic E-state index is 11.1. The second-order valence-electron chi connectivity index (χ2n) is 5.88. The number of carboxylic acids is 1. The SMILES string of the molecule is CC1CCCN(CCC(NC(C)C)C(=O)O)CC1. The van der Waals surface area contributed by atoms with Crippen molar-refractivity contribution >= 4 is 5.97 Å². The van der Waals surface area contributed by atoms with E-state index in [-0.39, 0.29) is 6.04 Å². The quantitative estimate of drug-likeness (QED) is 0.762. The van der Waals surface area contributed by atoms with Crippen molar-refractivity contribution in [2.75, 3.05) is 19.6 Å². The average molecular weight is 256 g/mol. The monoisotopic (exact) mass is 256 g/mol. The molecule has 1 rings (SSSR count). The zero-order valence-corrected chi connectivity index (χ0v) is 12.0. The lowest BCUT2D eigenvalue weighted by molar-refractivity contribution is -0.140. The molecule has 0 spiro atoms. The normalized spacial score (nSPS) is 23.9. The molecule has 2 N–H and O–H groups in total. The number of carboxylic acid groups (broad SMARTS) is 1. The van der Waals surface area contributed by atoms with Crippen molar-refractivity contribution in [2.45, 2.75) is 58.5 Å². The summed E-state index contributed by atoms with van der Waals surface area (Å²) in [6, 6.07) is -0.194. The standard InChI is InChI=1S/C14H28N2O2/c1-11(2)15-13(14(17)18)7-10-16-8-4-5-12(3)6-9-16/h11-13,15H,4-10H2,1-3H3,(H,17,18). The molecule has 0 bridgehead atoms. The first-order valence-electron chi connectivity index (χ1n) is 7.20. The fraction of sp³-hybridized carbons (Fsp3) is 0.929. The van der Waals surface area contributed by atoms with Gasteiger partial charge in [0.25, 0.3) is 0 Å². The summed E-state index contributed by atoms with van der Waals surface area (Å²) in [7, 11) is 0. The summed E-state index contributed by atoms with van der Waals surface area (Å²) in [5.74, 6) is 0.0888. The van der Waals surface area contributed by atoms with E-state index in [1.807, 2.05) is 13.8 Å². The van der Waals surface area contributed by atoms with Crippen LogP contribution in [0.3, 0.4) is 0 Å². The summed E-state index contributed by atoms with van der Waals surface area (Å²) in [6.45, 7) is 9.42. The summed E-state index contributed by atoms with van der Waals surface area (Å²) in [5.41, 5.74) is 0. The number of nitrogens with one attached hydrogen (secondary N) is 1. The predicted octanol–water partition coefficient (Wildman–Crippen LogP) is 1.95. The number of hydrogen-bond donors (Lipinski definition) is 2. The fourth-order valence-electron chi connectivity index (χ4n) is 2.54. The molecule has 1 heterocycles. The van der Waals surface area contributed by atoms with Crippen molar-refractivity contribution in [3.05, 3.63) is 0 Å². The Labute approximate surface area is 111 Å². The van der Waals surface area contributed by atoms with Crippen LogP contribution in [0.5, 0.6) is 0 Å². The molecule has 0 aromatic heterocycles. The lowest BCUT2D eigenvalue weighted by Gasteiger charge is -2.23. The number of carbonyl (C=O) groups is 1. The molecule has 2 atom stereocenters. The van der Waals surface area contributed by atoms with E-state index in [0.717, 1.165) is 25.6 Å². The van der Waals surface area contributed by atoms with Crippen LogP contribution in [-0.4, -0.2) is 47.7 Å². The summed E-state index contributed by atoms with van der Waals surface area (Å²) in [6.07, 6.45) is 4.50. The maximum Gasteiger partial charge on any atom is 0.320 e. The highest BCUT2D eigenvalue weighted by molar-refractivity contribution is 5.73. The van der Waals surface area contributed by atoms with Crippen LogP contribution in [-0.2, 0) is 4.79 Å². The molecule has 0 radical (unpaired) electrons. The highest BCUT2D eigenvalue weighted by atomic mass is 16.4. The van der Waals surface area contributed by atoms with E-state index in [2.05, 4.69) is 17.1 Å². The van der Waals surface area contributed by atoms with Crippen molar-refractivity contribution in [1.29, 1.82) is 0 Å². The third-order valence-corrected chi connectivity index (χ3v) is 3.68. The smallest absolute Gasteiger partial charge is 0.320 e. The number of nitrogens with zero attached hydrogens (tertiary/aromatic N) is 1. The number of aliphatic carboxylic acids is 1. The molecular formula is C14H28N2O2. The molecule has 0 saturated carbocycles. The number of likely N-dealkylation sites (tertiary alicyclic amines) is 1. The van der Waals surface area contributed by atoms with E-state index in [0.29, 0.717) is 6.42 Å². The lowest BCUT2D eigenvalue weighted by Crippen LogP contribution is -2.43. The van der Waals surface area contributed by atoms with Crippen molar-refractivity contribution < 1.29 is 9.90 Å². The Hall–Kier alpha value is -0.610. The Morgan fingerprint density at radius 2 is 2.11 bits per heavy atom. The Balaban J connectivity index is 2.34. The van der Waals surface area contributed by atoms with Crippen LogP contribution < -0.4 is 5.32 Å². The second-order valence-corrected chi connectivity index (χ2v) is 5.88. The minimum absolute atomic E-state index is 0.218. The molecule has 1 saturated heterocycles. The molecule has 4 nitrogen and oxygen atoms in total. The van der Waals surface area contributed by atoms with Crippen LogP contribution >= 0.6 is 0 Å². The van der Waals surface area contributed by atoms with Gasteiger partial charge in [-0.1, -0.05) is 20.8 Å². The first kappa shape index (κ1) is 15.4. The van der Waals surface area contributed by atoms with Gasteiger partial charge in [-0.3, -0.25) is 4.79 Å². The van der Waals surface area contributed by atoms with Gasteiger partial charge in [0.2, 0.25) is 0 Å². The highest BCUT2D eigenvalue weighted by Crippen LogP contribution is 2.16. The van der Waals surface area contributed by atoms with Gasteiger partial charge in [-0.2, -0.15) is 0 Å². The number of rotatable bonds is 6. The third kappa shape index (κ3) is 5.83. The van der Waals surface area contributed by atoms with Crippen LogP contribution in [0, 0.1) is 5.92 Å². The highest BCUT2D eigenvalue weighted by Gasteiger charge is 2.20. The van der Waals surface area contributed by atoms with Gasteiger partial charge in [0.15, 0.2) is 0 Å². The molecule has 1 aliphatic heterocycles. The van der Waals surface area contributed by atoms with Crippen LogP contribution in [0.4, 0.5) is 0 Å². The van der Waals surface area contributed by atoms with Crippen molar-refractivity contribution in [2.24, 2.45) is 5.92 Å². The van der Waals surface area contributed by atoms with E-state index >= 15 is 0 Å². The van der Waals surface area contributed by atoms with E-state index < -0.39 is 12.0 Å². The van der Waals surface area contributed by atoms with E-state index in [1.54, 1.807) is 0 Å². The molecule has 106 valence electrons. The van der Waals surface area contributed by atoms with Gasteiger partial charge in [-0.05, 0) is 44.7 Å². The van der Waals surface area contributed by atoms with E-state index in [1.165, 1.54) is 19.3 Å². The molecule has 18 heavy (non-hydrogen) atoms. The number of hydrogen-bond acceptors (Lipinski definition) is 3. The minimum Gasteiger partial charge on any atom is -0.480 e. The van der Waals surface area contributed by atoms with Gasteiger partial charge in [0.05, 0.1) is 0 Å².